The quantitative estimate of drug-likeness (QED) is 0.380. The number of rotatable bonds is 5. The Labute approximate surface area is 194 Å². The van der Waals surface area contributed by atoms with Crippen LogP contribution in [0, 0.1) is 0 Å². The summed E-state index contributed by atoms with van der Waals surface area (Å²) in [5.41, 5.74) is 0.914. The number of benzene rings is 3. The van der Waals surface area contributed by atoms with Crippen LogP contribution in [0.1, 0.15) is 33.9 Å². The molecule has 0 N–H and O–H groups in total. The van der Waals surface area contributed by atoms with Crippen LogP contribution >= 0.6 is 0 Å². The van der Waals surface area contributed by atoms with Gasteiger partial charge in [-0.3, -0.25) is 9.80 Å². The maximum Gasteiger partial charge on any atom is 0.416 e. The molecule has 0 amide bonds. The molecule has 1 heterocycles. The van der Waals surface area contributed by atoms with E-state index in [-0.39, 0.29) is 0 Å². The normalized spacial score (nSPS) is 16.2. The summed E-state index contributed by atoms with van der Waals surface area (Å²) in [5.74, 6) is 0. The van der Waals surface area contributed by atoms with Crippen LogP contribution in [0.25, 0.3) is 0 Å². The van der Waals surface area contributed by atoms with Gasteiger partial charge in [-0.1, -0.05) is 54.6 Å². The number of alkyl halides is 6. The predicted octanol–water partition coefficient (Wildman–Crippen LogP) is 6.63. The third kappa shape index (κ3) is 5.80. The molecule has 2 nitrogen and oxygen atoms in total. The molecule has 4 rings (SSSR count). The number of hydrogen-bond donors (Lipinski definition) is 0. The molecule has 0 atom stereocenters. The number of hydrogen-bond acceptors (Lipinski definition) is 2. The van der Waals surface area contributed by atoms with Gasteiger partial charge in [0.1, 0.15) is 0 Å². The van der Waals surface area contributed by atoms with Gasteiger partial charge < -0.3 is 0 Å². The van der Waals surface area contributed by atoms with Crippen molar-refractivity contribution in [1.29, 1.82) is 0 Å². The fourth-order valence-electron chi connectivity index (χ4n) is 4.34. The summed E-state index contributed by atoms with van der Waals surface area (Å²) >= 11 is 0. The summed E-state index contributed by atoms with van der Waals surface area (Å²) in [5, 5.41) is 0. The van der Waals surface area contributed by atoms with Crippen molar-refractivity contribution in [2.45, 2.75) is 24.9 Å². The predicted molar refractivity (Wildman–Crippen MR) is 118 cm³/mol. The minimum Gasteiger partial charge on any atom is -0.297 e. The highest BCUT2D eigenvalue weighted by molar-refractivity contribution is 5.36. The number of halogens is 6. The average Bonchev–Trinajstić information content (AvgIpc) is 2.81. The molecular formula is C26H24F6N2. The zero-order valence-electron chi connectivity index (χ0n) is 18.3. The van der Waals surface area contributed by atoms with Gasteiger partial charge in [-0.25, -0.2) is 0 Å². The molecule has 1 saturated heterocycles. The van der Waals surface area contributed by atoms with Crippen molar-refractivity contribution in [3.8, 4) is 0 Å². The Balaban J connectivity index is 1.57. The maximum atomic E-state index is 13.1. The minimum atomic E-state index is -4.45. The molecule has 8 heteroatoms. The van der Waals surface area contributed by atoms with Gasteiger partial charge in [-0.15, -0.1) is 0 Å². The topological polar surface area (TPSA) is 6.48 Å². The highest BCUT2D eigenvalue weighted by Gasteiger charge is 2.33. The van der Waals surface area contributed by atoms with Crippen LogP contribution in [-0.2, 0) is 18.9 Å². The number of piperazine rings is 1. The molecule has 0 radical (unpaired) electrons. The Morgan fingerprint density at radius 2 is 1.03 bits per heavy atom. The average molecular weight is 478 g/mol. The van der Waals surface area contributed by atoms with Crippen LogP contribution in [0.4, 0.5) is 26.3 Å². The highest BCUT2D eigenvalue weighted by Crippen LogP contribution is 2.35. The molecule has 1 fully saturated rings. The number of nitrogens with zero attached hydrogens (tertiary/aromatic N) is 2. The smallest absolute Gasteiger partial charge is 0.297 e. The van der Waals surface area contributed by atoms with Gasteiger partial charge in [0.05, 0.1) is 17.2 Å². The molecule has 3 aromatic carbocycles. The van der Waals surface area contributed by atoms with Gasteiger partial charge in [-0.2, -0.15) is 26.3 Å². The maximum absolute atomic E-state index is 13.1. The van der Waals surface area contributed by atoms with Gasteiger partial charge in [0.25, 0.3) is 0 Å². The second-order valence-electron chi connectivity index (χ2n) is 8.44. The van der Waals surface area contributed by atoms with E-state index in [1.165, 1.54) is 29.8 Å². The molecule has 0 bridgehead atoms. The van der Waals surface area contributed by atoms with E-state index in [2.05, 4.69) is 21.9 Å². The van der Waals surface area contributed by atoms with Crippen molar-refractivity contribution in [3.05, 3.63) is 107 Å². The summed E-state index contributed by atoms with van der Waals surface area (Å²) in [6.45, 7) is 3.55. The second-order valence-corrected chi connectivity index (χ2v) is 8.44. The van der Waals surface area contributed by atoms with E-state index >= 15 is 0 Å². The second kappa shape index (κ2) is 9.80. The molecule has 1 aliphatic rings. The van der Waals surface area contributed by atoms with E-state index in [1.807, 2.05) is 18.2 Å². The first-order valence-corrected chi connectivity index (χ1v) is 11.0. The molecule has 0 unspecified atom stereocenters. The molecule has 0 saturated carbocycles. The molecule has 180 valence electrons. The summed E-state index contributed by atoms with van der Waals surface area (Å²) in [7, 11) is 0. The van der Waals surface area contributed by atoms with Crippen LogP contribution in [0.15, 0.2) is 78.9 Å². The van der Waals surface area contributed by atoms with E-state index in [1.54, 1.807) is 0 Å². The molecule has 1 aliphatic heterocycles. The van der Waals surface area contributed by atoms with Crippen LogP contribution in [-0.4, -0.2) is 36.0 Å². The summed E-state index contributed by atoms with van der Waals surface area (Å²) in [4.78, 5) is 4.41. The Hall–Kier alpha value is -2.84. The monoisotopic (exact) mass is 478 g/mol. The zero-order chi connectivity index (χ0) is 24.3. The van der Waals surface area contributed by atoms with Crippen LogP contribution < -0.4 is 0 Å². The van der Waals surface area contributed by atoms with Gasteiger partial charge in [0.2, 0.25) is 0 Å². The fraction of sp³-hybridized carbons (Fsp3) is 0.308. The first-order chi connectivity index (χ1) is 16.1. The Kier molecular flexibility index (Phi) is 7.00. The van der Waals surface area contributed by atoms with Crippen LogP contribution in [0.5, 0.6) is 0 Å². The largest absolute Gasteiger partial charge is 0.416 e. The summed E-state index contributed by atoms with van der Waals surface area (Å²) in [6.07, 6.45) is -8.91. The van der Waals surface area contributed by atoms with Crippen molar-refractivity contribution >= 4 is 0 Å². The van der Waals surface area contributed by atoms with Crippen LogP contribution in [0.2, 0.25) is 0 Å². The lowest BCUT2D eigenvalue weighted by molar-refractivity contribution is -0.138. The lowest BCUT2D eigenvalue weighted by Gasteiger charge is -2.40. The van der Waals surface area contributed by atoms with E-state index in [4.69, 9.17) is 0 Å². The van der Waals surface area contributed by atoms with E-state index in [0.717, 1.165) is 43.9 Å². The fourth-order valence-corrected chi connectivity index (χ4v) is 4.34. The van der Waals surface area contributed by atoms with E-state index < -0.39 is 29.5 Å². The summed E-state index contributed by atoms with van der Waals surface area (Å²) in [6, 6.07) is 19.4. The van der Waals surface area contributed by atoms with E-state index in [9.17, 15) is 26.3 Å². The van der Waals surface area contributed by atoms with E-state index in [0.29, 0.717) is 24.2 Å². The first-order valence-electron chi connectivity index (χ1n) is 11.0. The van der Waals surface area contributed by atoms with Crippen LogP contribution in [0.3, 0.4) is 0 Å². The molecule has 0 spiro atoms. The lowest BCUT2D eigenvalue weighted by Crippen LogP contribution is -2.47. The third-order valence-electron chi connectivity index (χ3n) is 6.13. The Morgan fingerprint density at radius 1 is 0.588 bits per heavy atom. The third-order valence-corrected chi connectivity index (χ3v) is 6.13. The van der Waals surface area contributed by atoms with Gasteiger partial charge in [0, 0.05) is 32.7 Å². The first kappa shape index (κ1) is 24.3. The van der Waals surface area contributed by atoms with Crippen molar-refractivity contribution in [2.24, 2.45) is 0 Å². The molecule has 0 aliphatic carbocycles. The van der Waals surface area contributed by atoms with Crippen molar-refractivity contribution in [1.82, 2.24) is 9.80 Å². The van der Waals surface area contributed by atoms with Crippen molar-refractivity contribution in [3.63, 3.8) is 0 Å². The molecular weight excluding hydrogens is 454 g/mol. The van der Waals surface area contributed by atoms with Gasteiger partial charge in [0.15, 0.2) is 0 Å². The van der Waals surface area contributed by atoms with Crippen molar-refractivity contribution in [2.75, 3.05) is 26.2 Å². The Bertz CT molecular complexity index is 994. The molecule has 3 aromatic rings. The SMILES string of the molecule is FC(F)(F)c1ccc(C(c2ccc(C(F)(F)F)cc2)N2CCN(Cc3ccccc3)CC2)cc1. The molecule has 34 heavy (non-hydrogen) atoms. The van der Waals surface area contributed by atoms with Gasteiger partial charge >= 0.3 is 12.4 Å². The zero-order valence-corrected chi connectivity index (χ0v) is 18.3. The minimum absolute atomic E-state index is 0.441. The van der Waals surface area contributed by atoms with Crippen molar-refractivity contribution < 1.29 is 26.3 Å². The molecule has 0 aromatic heterocycles. The van der Waals surface area contributed by atoms with Gasteiger partial charge in [-0.05, 0) is 41.0 Å². The lowest BCUT2D eigenvalue weighted by atomic mass is 9.94. The summed E-state index contributed by atoms with van der Waals surface area (Å²) < 4.78 is 78.3. The standard InChI is InChI=1S/C26H24F6N2/c27-25(28,29)22-10-6-20(7-11-22)24(21-8-12-23(13-9-21)26(30,31)32)34-16-14-33(15-17-34)18-19-4-2-1-3-5-19/h1-13,24H,14-18H2. The highest BCUT2D eigenvalue weighted by atomic mass is 19.4. The Morgan fingerprint density at radius 3 is 1.44 bits per heavy atom.